The first-order valence-corrected chi connectivity index (χ1v) is 13.4. The summed E-state index contributed by atoms with van der Waals surface area (Å²) in [5.41, 5.74) is 9.04. The molecular weight excluding hydrogens is 452 g/mol. The lowest BCUT2D eigenvalue weighted by Crippen LogP contribution is -2.64. The van der Waals surface area contributed by atoms with E-state index in [1.165, 1.54) is 6.42 Å². The van der Waals surface area contributed by atoms with Crippen LogP contribution in [-0.4, -0.2) is 69.9 Å². The van der Waals surface area contributed by atoms with Crippen molar-refractivity contribution in [3.63, 3.8) is 0 Å². The molecule has 0 aromatic heterocycles. The molecule has 11 nitrogen and oxygen atoms in total. The van der Waals surface area contributed by atoms with E-state index in [0.29, 0.717) is 31.2 Å². The Morgan fingerprint density at radius 2 is 1.86 bits per heavy atom. The number of hydrazine groups is 1. The molecule has 0 aromatic rings. The second kappa shape index (κ2) is 13.3. The minimum Gasteiger partial charge on any atom is -0.381 e. The Morgan fingerprint density at radius 1 is 1.09 bits per heavy atom. The molecule has 4 aliphatic rings. The van der Waals surface area contributed by atoms with E-state index in [0.717, 1.165) is 51.5 Å². The lowest BCUT2D eigenvalue weighted by atomic mass is 9.76. The molecule has 0 spiro atoms. The predicted octanol–water partition coefficient (Wildman–Crippen LogP) is 0.236. The monoisotopic (exact) mass is 496 g/mol. The van der Waals surface area contributed by atoms with Gasteiger partial charge in [0.15, 0.2) is 0 Å². The molecule has 7 unspecified atom stereocenters. The van der Waals surface area contributed by atoms with Gasteiger partial charge in [0, 0.05) is 39.0 Å². The van der Waals surface area contributed by atoms with Crippen LogP contribution in [-0.2, 0) is 23.9 Å². The van der Waals surface area contributed by atoms with Crippen LogP contribution >= 0.6 is 0 Å². The third-order valence-electron chi connectivity index (χ3n) is 8.11. The Hall–Kier alpha value is -1.34. The Morgan fingerprint density at radius 3 is 2.63 bits per heavy atom. The van der Waals surface area contributed by atoms with Crippen LogP contribution in [0.4, 0.5) is 0 Å². The molecule has 6 N–H and O–H groups in total. The quantitative estimate of drug-likeness (QED) is 0.222. The number of amides is 2. The number of nitrogens with one attached hydrogen (secondary N) is 6. The highest BCUT2D eigenvalue weighted by molar-refractivity contribution is 5.79. The van der Waals surface area contributed by atoms with Crippen LogP contribution in [0, 0.1) is 17.8 Å². The van der Waals surface area contributed by atoms with E-state index < -0.39 is 0 Å². The maximum Gasteiger partial charge on any atom is 0.237 e. The van der Waals surface area contributed by atoms with Crippen molar-refractivity contribution in [3.05, 3.63) is 0 Å². The van der Waals surface area contributed by atoms with Gasteiger partial charge in [-0.25, -0.2) is 5.43 Å². The fourth-order valence-electron chi connectivity index (χ4n) is 6.07. The Kier molecular flexibility index (Phi) is 10.1. The van der Waals surface area contributed by atoms with Gasteiger partial charge in [0.25, 0.3) is 0 Å². The molecule has 2 aliphatic carbocycles. The minimum atomic E-state index is -0.188. The van der Waals surface area contributed by atoms with Crippen LogP contribution in [0.2, 0.25) is 0 Å². The van der Waals surface area contributed by atoms with Crippen molar-refractivity contribution < 1.29 is 23.9 Å². The van der Waals surface area contributed by atoms with E-state index in [1.807, 2.05) is 0 Å². The summed E-state index contributed by atoms with van der Waals surface area (Å²) < 4.78 is 11.2. The van der Waals surface area contributed by atoms with Crippen molar-refractivity contribution in [1.82, 2.24) is 32.3 Å². The van der Waals surface area contributed by atoms with E-state index >= 15 is 0 Å². The molecule has 4 fully saturated rings. The highest BCUT2D eigenvalue weighted by Gasteiger charge is 2.40. The predicted molar refractivity (Wildman–Crippen MR) is 129 cm³/mol. The molecule has 2 heterocycles. The van der Waals surface area contributed by atoms with Gasteiger partial charge < -0.3 is 20.1 Å². The Labute approximate surface area is 208 Å². The van der Waals surface area contributed by atoms with Crippen molar-refractivity contribution in [2.24, 2.45) is 17.8 Å². The van der Waals surface area contributed by atoms with E-state index in [1.54, 1.807) is 14.2 Å². The van der Waals surface area contributed by atoms with Crippen LogP contribution in [0.3, 0.4) is 0 Å². The molecule has 2 saturated carbocycles. The van der Waals surface area contributed by atoms with E-state index in [-0.39, 0.29) is 48.5 Å². The molecule has 0 radical (unpaired) electrons. The molecule has 35 heavy (non-hydrogen) atoms. The third-order valence-corrected chi connectivity index (χ3v) is 8.11. The van der Waals surface area contributed by atoms with Crippen molar-refractivity contribution in [2.45, 2.75) is 95.0 Å². The lowest BCUT2D eigenvalue weighted by Gasteiger charge is -2.41. The second-order valence-corrected chi connectivity index (χ2v) is 10.4. The number of carbonyl (C=O) groups excluding carboxylic acids is 2. The van der Waals surface area contributed by atoms with Gasteiger partial charge in [0.1, 0.15) is 6.23 Å². The van der Waals surface area contributed by atoms with Gasteiger partial charge in [0.05, 0.1) is 24.5 Å². The molecule has 0 aromatic carbocycles. The number of fused-ring (bicyclic) bond motifs is 1. The summed E-state index contributed by atoms with van der Waals surface area (Å²) in [5.74, 6) is 0.965. The Balaban J connectivity index is 1.07. The molecule has 2 amide bonds. The summed E-state index contributed by atoms with van der Waals surface area (Å²) in [5, 5.41) is 9.98. The van der Waals surface area contributed by atoms with Gasteiger partial charge in [-0.15, -0.1) is 0 Å². The highest BCUT2D eigenvalue weighted by Crippen LogP contribution is 2.33. The number of hydrogen-bond donors (Lipinski definition) is 6. The molecule has 2 aliphatic heterocycles. The second-order valence-electron chi connectivity index (χ2n) is 10.4. The lowest BCUT2D eigenvalue weighted by molar-refractivity contribution is -0.134. The van der Waals surface area contributed by atoms with Gasteiger partial charge in [-0.1, -0.05) is 12.8 Å². The first kappa shape index (κ1) is 26.7. The number of hydrogen-bond acceptors (Lipinski definition) is 9. The van der Waals surface area contributed by atoms with E-state index in [2.05, 4.69) is 32.3 Å². The van der Waals surface area contributed by atoms with Crippen molar-refractivity contribution >= 4 is 11.8 Å². The third kappa shape index (κ3) is 7.34. The fraction of sp³-hybridized carbons (Fsp3) is 0.917. The summed E-state index contributed by atoms with van der Waals surface area (Å²) in [6.45, 7) is 1.40. The van der Waals surface area contributed by atoms with Crippen LogP contribution < -0.4 is 32.3 Å². The SMILES string of the molecule is COC1CC(OC)CC(C2NOC(CCC(=O)NCCCNC3NNC(=O)C4CCCCC34)N2)C1. The minimum absolute atomic E-state index is 0.0332. The summed E-state index contributed by atoms with van der Waals surface area (Å²) >= 11 is 0. The summed E-state index contributed by atoms with van der Waals surface area (Å²) in [4.78, 5) is 30.1. The molecular formula is C24H44N6O5. The van der Waals surface area contributed by atoms with Gasteiger partial charge in [-0.2, -0.15) is 5.48 Å². The van der Waals surface area contributed by atoms with E-state index in [9.17, 15) is 9.59 Å². The van der Waals surface area contributed by atoms with E-state index in [4.69, 9.17) is 14.3 Å². The summed E-state index contributed by atoms with van der Waals surface area (Å²) in [6.07, 6.45) is 9.38. The first-order valence-electron chi connectivity index (χ1n) is 13.4. The number of carbonyl (C=O) groups is 2. The molecule has 2 saturated heterocycles. The average molecular weight is 497 g/mol. The van der Waals surface area contributed by atoms with Crippen LogP contribution in [0.15, 0.2) is 0 Å². The van der Waals surface area contributed by atoms with Crippen molar-refractivity contribution in [3.8, 4) is 0 Å². The van der Waals surface area contributed by atoms with Gasteiger partial charge in [-0.05, 0) is 57.4 Å². The normalized spacial score (nSPS) is 37.5. The zero-order chi connectivity index (χ0) is 24.6. The standard InChI is InChI=1S/C24H44N6O5/c1-33-16-12-15(13-17(14-16)34-2)22-27-21(35-30-22)9-8-20(31)25-10-5-11-26-23-18-6-3-4-7-19(18)24(32)29-28-23/h15-19,21-23,26-28,30H,3-14H2,1-2H3,(H,25,31)(H,29,32). The topological polar surface area (TPSA) is 134 Å². The van der Waals surface area contributed by atoms with Crippen molar-refractivity contribution in [1.29, 1.82) is 0 Å². The molecule has 200 valence electrons. The number of methoxy groups -OCH3 is 2. The van der Waals surface area contributed by atoms with Gasteiger partial charge in [0.2, 0.25) is 11.8 Å². The highest BCUT2D eigenvalue weighted by atomic mass is 16.7. The number of hydroxylamine groups is 1. The first-order chi connectivity index (χ1) is 17.1. The number of ether oxygens (including phenoxy) is 2. The van der Waals surface area contributed by atoms with Crippen molar-refractivity contribution in [2.75, 3.05) is 27.3 Å². The van der Waals surface area contributed by atoms with Crippen LogP contribution in [0.1, 0.15) is 64.2 Å². The Bertz CT molecular complexity index is 687. The molecule has 7 atom stereocenters. The number of rotatable bonds is 11. The zero-order valence-corrected chi connectivity index (χ0v) is 21.1. The van der Waals surface area contributed by atoms with Gasteiger partial charge >= 0.3 is 0 Å². The fourth-order valence-corrected chi connectivity index (χ4v) is 6.07. The largest absolute Gasteiger partial charge is 0.381 e. The molecule has 4 rings (SSSR count). The van der Waals surface area contributed by atoms with Gasteiger partial charge in [-0.3, -0.25) is 25.2 Å². The zero-order valence-electron chi connectivity index (χ0n) is 21.1. The smallest absolute Gasteiger partial charge is 0.237 e. The van der Waals surface area contributed by atoms with Crippen LogP contribution in [0.5, 0.6) is 0 Å². The summed E-state index contributed by atoms with van der Waals surface area (Å²) in [6, 6.07) is 0. The summed E-state index contributed by atoms with van der Waals surface area (Å²) in [7, 11) is 3.50. The molecule has 11 heteroatoms. The molecule has 0 bridgehead atoms. The maximum atomic E-state index is 12.3. The average Bonchev–Trinajstić information content (AvgIpc) is 3.37. The van der Waals surface area contributed by atoms with Crippen LogP contribution in [0.25, 0.3) is 0 Å². The maximum absolute atomic E-state index is 12.3.